The first-order valence-electron chi connectivity index (χ1n) is 6.47. The van der Waals surface area contributed by atoms with Crippen molar-refractivity contribution in [2.45, 2.75) is 39.8 Å². The highest BCUT2D eigenvalue weighted by atomic mass is 19.1. The van der Waals surface area contributed by atoms with Crippen LogP contribution < -0.4 is 10.1 Å². The third-order valence-electron chi connectivity index (χ3n) is 2.68. The van der Waals surface area contributed by atoms with Gasteiger partial charge in [0.2, 0.25) is 0 Å². The predicted molar refractivity (Wildman–Crippen MR) is 74.3 cm³/mol. The normalized spacial score (nSPS) is 11.7. The average Bonchev–Trinajstić information content (AvgIpc) is 2.78. The van der Waals surface area contributed by atoms with Crippen LogP contribution in [-0.2, 0) is 6.54 Å². The summed E-state index contributed by atoms with van der Waals surface area (Å²) in [6, 6.07) is 4.35. The molecule has 0 radical (unpaired) electrons. The van der Waals surface area contributed by atoms with Gasteiger partial charge in [-0.15, -0.1) is 0 Å². The number of nitrogens with one attached hydrogen (secondary N) is 1. The standard InChI is InChI=1S/C15H19FN2O2/c1-10-5-6-11(16)7-13(10)20-14-18-12(9-19-14)8-17-15(2,3)4/h5-7,9,17H,8H2,1-4H3. The second kappa shape index (κ2) is 5.63. The molecule has 1 N–H and O–H groups in total. The Morgan fingerprint density at radius 1 is 1.35 bits per heavy atom. The van der Waals surface area contributed by atoms with Gasteiger partial charge in [-0.3, -0.25) is 0 Å². The number of benzene rings is 1. The summed E-state index contributed by atoms with van der Waals surface area (Å²) in [6.07, 6.45) is 1.65. The Bertz CT molecular complexity index is 588. The zero-order valence-corrected chi connectivity index (χ0v) is 12.2. The van der Waals surface area contributed by atoms with Crippen molar-refractivity contribution in [2.75, 3.05) is 0 Å². The molecule has 0 saturated carbocycles. The summed E-state index contributed by atoms with van der Waals surface area (Å²) in [4.78, 5) is 4.21. The number of nitrogens with zero attached hydrogens (tertiary/aromatic N) is 1. The SMILES string of the molecule is Cc1ccc(F)cc1Oc1nc(CNC(C)(C)C)co1. The molecule has 1 heterocycles. The number of hydrogen-bond donors (Lipinski definition) is 1. The molecular formula is C15H19FN2O2. The molecule has 0 fully saturated rings. The maximum atomic E-state index is 13.2. The van der Waals surface area contributed by atoms with Crippen LogP contribution in [0.25, 0.3) is 0 Å². The molecular weight excluding hydrogens is 259 g/mol. The molecule has 0 spiro atoms. The zero-order valence-electron chi connectivity index (χ0n) is 12.2. The molecule has 0 atom stereocenters. The van der Waals surface area contributed by atoms with Gasteiger partial charge in [0.25, 0.3) is 0 Å². The third-order valence-corrected chi connectivity index (χ3v) is 2.68. The Kier molecular flexibility index (Phi) is 4.09. The Labute approximate surface area is 118 Å². The Hall–Kier alpha value is -1.88. The Morgan fingerprint density at radius 2 is 2.10 bits per heavy atom. The minimum Gasteiger partial charge on any atom is -0.417 e. The number of aryl methyl sites for hydroxylation is 1. The molecule has 0 aliphatic carbocycles. The molecule has 4 nitrogen and oxygen atoms in total. The van der Waals surface area contributed by atoms with Gasteiger partial charge in [-0.25, -0.2) is 4.39 Å². The lowest BCUT2D eigenvalue weighted by atomic mass is 10.1. The van der Waals surface area contributed by atoms with Gasteiger partial charge in [-0.2, -0.15) is 4.98 Å². The predicted octanol–water partition coefficient (Wildman–Crippen LogP) is 3.80. The highest BCUT2D eigenvalue weighted by molar-refractivity contribution is 5.34. The minimum absolute atomic E-state index is 0.000876. The van der Waals surface area contributed by atoms with Gasteiger partial charge in [-0.1, -0.05) is 6.07 Å². The van der Waals surface area contributed by atoms with Crippen molar-refractivity contribution in [1.82, 2.24) is 10.3 Å². The molecule has 0 saturated heterocycles. The third kappa shape index (κ3) is 4.06. The second-order valence-corrected chi connectivity index (χ2v) is 5.72. The second-order valence-electron chi connectivity index (χ2n) is 5.72. The number of ether oxygens (including phenoxy) is 1. The first-order valence-corrected chi connectivity index (χ1v) is 6.47. The van der Waals surface area contributed by atoms with E-state index in [-0.39, 0.29) is 17.4 Å². The quantitative estimate of drug-likeness (QED) is 0.924. The molecule has 2 rings (SSSR count). The van der Waals surface area contributed by atoms with Crippen molar-refractivity contribution in [3.8, 4) is 11.8 Å². The molecule has 5 heteroatoms. The van der Waals surface area contributed by atoms with Crippen LogP contribution in [0.5, 0.6) is 11.8 Å². The summed E-state index contributed by atoms with van der Waals surface area (Å²) >= 11 is 0. The fourth-order valence-corrected chi connectivity index (χ4v) is 1.55. The number of hydrogen-bond acceptors (Lipinski definition) is 4. The van der Waals surface area contributed by atoms with E-state index >= 15 is 0 Å². The summed E-state index contributed by atoms with van der Waals surface area (Å²) < 4.78 is 23.9. The van der Waals surface area contributed by atoms with Crippen LogP contribution in [0.3, 0.4) is 0 Å². The van der Waals surface area contributed by atoms with E-state index in [2.05, 4.69) is 31.1 Å². The minimum atomic E-state index is -0.355. The van der Waals surface area contributed by atoms with E-state index < -0.39 is 0 Å². The summed E-state index contributed by atoms with van der Waals surface area (Å²) in [5.41, 5.74) is 1.56. The summed E-state index contributed by atoms with van der Waals surface area (Å²) in [6.45, 7) is 8.63. The van der Waals surface area contributed by atoms with Gasteiger partial charge >= 0.3 is 6.08 Å². The van der Waals surface area contributed by atoms with E-state index in [1.54, 1.807) is 6.07 Å². The monoisotopic (exact) mass is 278 g/mol. The largest absolute Gasteiger partial charge is 0.417 e. The molecule has 0 amide bonds. The van der Waals surface area contributed by atoms with Gasteiger partial charge in [0.1, 0.15) is 17.8 Å². The van der Waals surface area contributed by atoms with Crippen molar-refractivity contribution >= 4 is 0 Å². The van der Waals surface area contributed by atoms with Crippen molar-refractivity contribution < 1.29 is 13.5 Å². The fourth-order valence-electron chi connectivity index (χ4n) is 1.55. The van der Waals surface area contributed by atoms with Gasteiger partial charge < -0.3 is 14.5 Å². The van der Waals surface area contributed by atoms with Crippen molar-refractivity contribution in [1.29, 1.82) is 0 Å². The lowest BCUT2D eigenvalue weighted by molar-refractivity contribution is 0.328. The van der Waals surface area contributed by atoms with E-state index in [1.807, 2.05) is 6.92 Å². The van der Waals surface area contributed by atoms with E-state index in [1.165, 1.54) is 18.4 Å². The van der Waals surface area contributed by atoms with Gasteiger partial charge in [0, 0.05) is 18.2 Å². The maximum Gasteiger partial charge on any atom is 0.399 e. The van der Waals surface area contributed by atoms with Crippen LogP contribution in [0.15, 0.2) is 28.9 Å². The van der Waals surface area contributed by atoms with Crippen LogP contribution in [0.1, 0.15) is 32.0 Å². The van der Waals surface area contributed by atoms with Crippen LogP contribution in [-0.4, -0.2) is 10.5 Å². The Balaban J connectivity index is 2.04. The Morgan fingerprint density at radius 3 is 2.80 bits per heavy atom. The highest BCUT2D eigenvalue weighted by Gasteiger charge is 2.12. The van der Waals surface area contributed by atoms with Crippen molar-refractivity contribution in [3.63, 3.8) is 0 Å². The molecule has 1 aromatic carbocycles. The van der Waals surface area contributed by atoms with Gasteiger partial charge in [0.15, 0.2) is 0 Å². The molecule has 0 aliphatic heterocycles. The molecule has 108 valence electrons. The lowest BCUT2D eigenvalue weighted by Crippen LogP contribution is -2.35. The first kappa shape index (κ1) is 14.5. The fraction of sp³-hybridized carbons (Fsp3) is 0.400. The van der Waals surface area contributed by atoms with Crippen LogP contribution >= 0.6 is 0 Å². The summed E-state index contributed by atoms with van der Waals surface area (Å²) in [5, 5.41) is 3.30. The topological polar surface area (TPSA) is 47.3 Å². The van der Waals surface area contributed by atoms with Gasteiger partial charge in [-0.05, 0) is 39.3 Å². The highest BCUT2D eigenvalue weighted by Crippen LogP contribution is 2.25. The van der Waals surface area contributed by atoms with Crippen molar-refractivity contribution in [2.24, 2.45) is 0 Å². The molecule has 1 aromatic heterocycles. The van der Waals surface area contributed by atoms with Crippen LogP contribution in [0.4, 0.5) is 4.39 Å². The van der Waals surface area contributed by atoms with Crippen LogP contribution in [0.2, 0.25) is 0 Å². The maximum absolute atomic E-state index is 13.2. The molecule has 0 bridgehead atoms. The average molecular weight is 278 g/mol. The zero-order chi connectivity index (χ0) is 14.8. The number of rotatable bonds is 4. The van der Waals surface area contributed by atoms with Crippen LogP contribution in [0, 0.1) is 12.7 Å². The smallest absolute Gasteiger partial charge is 0.399 e. The molecule has 0 unspecified atom stereocenters. The number of halogens is 1. The van der Waals surface area contributed by atoms with E-state index in [4.69, 9.17) is 9.15 Å². The summed E-state index contributed by atoms with van der Waals surface area (Å²) in [5.74, 6) is 0.0500. The van der Waals surface area contributed by atoms with Gasteiger partial charge in [0.05, 0.1) is 5.69 Å². The van der Waals surface area contributed by atoms with E-state index in [9.17, 15) is 4.39 Å². The lowest BCUT2D eigenvalue weighted by Gasteiger charge is -2.19. The van der Waals surface area contributed by atoms with Crippen molar-refractivity contribution in [3.05, 3.63) is 41.5 Å². The molecule has 2 aromatic rings. The first-order chi connectivity index (χ1) is 9.33. The number of oxazole rings is 1. The molecule has 20 heavy (non-hydrogen) atoms. The molecule has 0 aliphatic rings. The summed E-state index contributed by atoms with van der Waals surface area (Å²) in [7, 11) is 0. The van der Waals surface area contributed by atoms with E-state index in [0.29, 0.717) is 12.3 Å². The van der Waals surface area contributed by atoms with E-state index in [0.717, 1.165) is 11.3 Å². The number of aromatic nitrogens is 1.